The molecule has 1 N–H and O–H groups in total. The zero-order valence-electron chi connectivity index (χ0n) is 9.10. The highest BCUT2D eigenvalue weighted by Crippen LogP contribution is 2.17. The predicted molar refractivity (Wildman–Crippen MR) is 67.3 cm³/mol. The second-order valence-electron chi connectivity index (χ2n) is 3.88. The highest BCUT2D eigenvalue weighted by atomic mass is 79.9. The van der Waals surface area contributed by atoms with Crippen LogP contribution in [0.4, 0.5) is 0 Å². The van der Waals surface area contributed by atoms with E-state index in [1.165, 1.54) is 0 Å². The van der Waals surface area contributed by atoms with Crippen LogP contribution in [0, 0.1) is 0 Å². The molecule has 1 aromatic carbocycles. The lowest BCUT2D eigenvalue weighted by molar-refractivity contribution is -0.135. The van der Waals surface area contributed by atoms with Gasteiger partial charge in [-0.1, -0.05) is 28.1 Å². The molecular formula is C12H12BrNO3. The largest absolute Gasteiger partial charge is 0.481 e. The monoisotopic (exact) mass is 297 g/mol. The quantitative estimate of drug-likeness (QED) is 0.927. The number of carbonyl (C=O) groups is 1. The van der Waals surface area contributed by atoms with Gasteiger partial charge < -0.3 is 9.84 Å². The van der Waals surface area contributed by atoms with Crippen LogP contribution in [0.15, 0.2) is 33.7 Å². The van der Waals surface area contributed by atoms with E-state index < -0.39 is 5.97 Å². The minimum atomic E-state index is -0.910. The number of hydrogen-bond donors (Lipinski definition) is 1. The third-order valence-electron chi connectivity index (χ3n) is 2.43. The van der Waals surface area contributed by atoms with Gasteiger partial charge in [0.2, 0.25) is 0 Å². The molecule has 5 heteroatoms. The van der Waals surface area contributed by atoms with E-state index in [4.69, 9.17) is 9.84 Å². The lowest BCUT2D eigenvalue weighted by Gasteiger charge is -2.10. The minimum absolute atomic E-state index is 0.0429. The molecule has 0 bridgehead atoms. The van der Waals surface area contributed by atoms with Gasteiger partial charge in [0.05, 0.1) is 6.54 Å². The smallest absolute Gasteiger partial charge is 0.312 e. The molecule has 1 heterocycles. The Bertz CT molecular complexity index is 459. The maximum atomic E-state index is 10.5. The number of aliphatic carboxylic acids is 1. The normalized spacial score (nSPS) is 18.6. The SMILES string of the molecule is O=C(O)CC1=NCC(Cc2cccc(Br)c2)O1. The summed E-state index contributed by atoms with van der Waals surface area (Å²) < 4.78 is 6.50. The topological polar surface area (TPSA) is 58.9 Å². The zero-order valence-corrected chi connectivity index (χ0v) is 10.7. The Hall–Kier alpha value is -1.36. The molecule has 17 heavy (non-hydrogen) atoms. The number of rotatable bonds is 4. The first-order valence-electron chi connectivity index (χ1n) is 5.29. The lowest BCUT2D eigenvalue weighted by atomic mass is 10.1. The fraction of sp³-hybridized carbons (Fsp3) is 0.333. The number of hydrogen-bond acceptors (Lipinski definition) is 3. The second kappa shape index (κ2) is 5.31. The van der Waals surface area contributed by atoms with E-state index in [1.807, 2.05) is 24.3 Å². The van der Waals surface area contributed by atoms with Crippen molar-refractivity contribution in [3.63, 3.8) is 0 Å². The summed E-state index contributed by atoms with van der Waals surface area (Å²) in [4.78, 5) is 14.6. The van der Waals surface area contributed by atoms with E-state index in [1.54, 1.807) is 0 Å². The van der Waals surface area contributed by atoms with Gasteiger partial charge in [0.15, 0.2) is 5.90 Å². The number of nitrogens with zero attached hydrogens (tertiary/aromatic N) is 1. The fourth-order valence-electron chi connectivity index (χ4n) is 1.73. The summed E-state index contributed by atoms with van der Waals surface area (Å²) >= 11 is 3.41. The van der Waals surface area contributed by atoms with E-state index in [-0.39, 0.29) is 12.5 Å². The Labute approximate surface area is 107 Å². The molecule has 1 aromatic rings. The molecule has 4 nitrogen and oxygen atoms in total. The van der Waals surface area contributed by atoms with Gasteiger partial charge >= 0.3 is 5.97 Å². The second-order valence-corrected chi connectivity index (χ2v) is 4.79. The summed E-state index contributed by atoms with van der Waals surface area (Å²) in [5.41, 5.74) is 1.15. The Morgan fingerprint density at radius 3 is 3.12 bits per heavy atom. The van der Waals surface area contributed by atoms with Crippen molar-refractivity contribution in [2.24, 2.45) is 4.99 Å². The van der Waals surface area contributed by atoms with Gasteiger partial charge in [0.1, 0.15) is 12.5 Å². The van der Waals surface area contributed by atoms with E-state index in [2.05, 4.69) is 20.9 Å². The molecular weight excluding hydrogens is 286 g/mol. The zero-order chi connectivity index (χ0) is 12.3. The minimum Gasteiger partial charge on any atom is -0.481 e. The Balaban J connectivity index is 1.89. The van der Waals surface area contributed by atoms with Crippen LogP contribution >= 0.6 is 15.9 Å². The maximum absolute atomic E-state index is 10.5. The molecule has 2 rings (SSSR count). The van der Waals surface area contributed by atoms with Crippen molar-refractivity contribution >= 4 is 27.8 Å². The van der Waals surface area contributed by atoms with E-state index >= 15 is 0 Å². The van der Waals surface area contributed by atoms with Crippen molar-refractivity contribution in [3.8, 4) is 0 Å². The third-order valence-corrected chi connectivity index (χ3v) is 2.92. The summed E-state index contributed by atoms with van der Waals surface area (Å²) in [5, 5.41) is 8.62. The molecule has 1 aliphatic rings. The first-order valence-corrected chi connectivity index (χ1v) is 6.09. The Kier molecular flexibility index (Phi) is 3.78. The van der Waals surface area contributed by atoms with Crippen molar-refractivity contribution in [2.45, 2.75) is 18.9 Å². The van der Waals surface area contributed by atoms with Gasteiger partial charge in [0, 0.05) is 10.9 Å². The summed E-state index contributed by atoms with van der Waals surface area (Å²) in [6, 6.07) is 7.97. The van der Waals surface area contributed by atoms with Crippen LogP contribution in [0.3, 0.4) is 0 Å². The molecule has 1 aliphatic heterocycles. The van der Waals surface area contributed by atoms with Crippen LogP contribution in [0.2, 0.25) is 0 Å². The molecule has 0 spiro atoms. The molecule has 0 fully saturated rings. The number of ether oxygens (including phenoxy) is 1. The fourth-order valence-corrected chi connectivity index (χ4v) is 2.18. The average molecular weight is 298 g/mol. The number of carboxylic acids is 1. The molecule has 0 radical (unpaired) electrons. The van der Waals surface area contributed by atoms with Crippen LogP contribution in [0.1, 0.15) is 12.0 Å². The highest BCUT2D eigenvalue weighted by molar-refractivity contribution is 9.10. The van der Waals surface area contributed by atoms with Crippen molar-refractivity contribution in [2.75, 3.05) is 6.54 Å². The number of carboxylic acid groups (broad SMARTS) is 1. The molecule has 90 valence electrons. The van der Waals surface area contributed by atoms with Gasteiger partial charge in [-0.15, -0.1) is 0 Å². The predicted octanol–water partition coefficient (Wildman–Crippen LogP) is 2.26. The first kappa shape index (κ1) is 12.1. The van der Waals surface area contributed by atoms with Crippen LogP contribution in [-0.4, -0.2) is 29.6 Å². The molecule has 1 unspecified atom stereocenters. The first-order chi connectivity index (χ1) is 8.13. The number of aliphatic imine (C=N–C) groups is 1. The van der Waals surface area contributed by atoms with Gasteiger partial charge in [0.25, 0.3) is 0 Å². The molecule has 0 amide bonds. The van der Waals surface area contributed by atoms with Crippen molar-refractivity contribution in [1.29, 1.82) is 0 Å². The molecule has 1 atom stereocenters. The lowest BCUT2D eigenvalue weighted by Crippen LogP contribution is -2.17. The summed E-state index contributed by atoms with van der Waals surface area (Å²) in [7, 11) is 0. The standard InChI is InChI=1S/C12H12BrNO3/c13-9-3-1-2-8(4-9)5-10-7-14-11(17-10)6-12(15)16/h1-4,10H,5-7H2,(H,15,16). The van der Waals surface area contributed by atoms with E-state index in [0.717, 1.165) is 16.5 Å². The Morgan fingerprint density at radius 2 is 2.41 bits per heavy atom. The highest BCUT2D eigenvalue weighted by Gasteiger charge is 2.21. The Morgan fingerprint density at radius 1 is 1.59 bits per heavy atom. The van der Waals surface area contributed by atoms with Crippen LogP contribution in [0.5, 0.6) is 0 Å². The van der Waals surface area contributed by atoms with Crippen molar-refractivity contribution in [3.05, 3.63) is 34.3 Å². The molecule has 0 saturated heterocycles. The van der Waals surface area contributed by atoms with Gasteiger partial charge in [-0.25, -0.2) is 0 Å². The van der Waals surface area contributed by atoms with Crippen LogP contribution in [0.25, 0.3) is 0 Å². The van der Waals surface area contributed by atoms with Crippen LogP contribution in [-0.2, 0) is 16.0 Å². The van der Waals surface area contributed by atoms with Gasteiger partial charge in [-0.2, -0.15) is 0 Å². The van der Waals surface area contributed by atoms with Crippen molar-refractivity contribution < 1.29 is 14.6 Å². The number of benzene rings is 1. The average Bonchev–Trinajstić information content (AvgIpc) is 2.64. The number of halogens is 1. The summed E-state index contributed by atoms with van der Waals surface area (Å²) in [5.74, 6) is -0.579. The van der Waals surface area contributed by atoms with E-state index in [9.17, 15) is 4.79 Å². The van der Waals surface area contributed by atoms with E-state index in [0.29, 0.717) is 12.4 Å². The molecule has 0 aromatic heterocycles. The van der Waals surface area contributed by atoms with Crippen LogP contribution < -0.4 is 0 Å². The maximum Gasteiger partial charge on any atom is 0.312 e. The molecule has 0 aliphatic carbocycles. The van der Waals surface area contributed by atoms with Gasteiger partial charge in [-0.3, -0.25) is 9.79 Å². The molecule has 0 saturated carbocycles. The van der Waals surface area contributed by atoms with Crippen molar-refractivity contribution in [1.82, 2.24) is 0 Å². The summed E-state index contributed by atoms with van der Waals surface area (Å²) in [6.45, 7) is 0.537. The van der Waals surface area contributed by atoms with Gasteiger partial charge in [-0.05, 0) is 17.7 Å². The third kappa shape index (κ3) is 3.56. The summed E-state index contributed by atoms with van der Waals surface area (Å²) in [6.07, 6.45) is 0.569.